The maximum atomic E-state index is 8.82. The van der Waals surface area contributed by atoms with Crippen LogP contribution in [0.15, 0.2) is 0 Å². The van der Waals surface area contributed by atoms with Gasteiger partial charge in [0.05, 0.1) is 6.61 Å². The lowest BCUT2D eigenvalue weighted by atomic mass is 10.2. The Labute approximate surface area is 86.3 Å². The van der Waals surface area contributed by atoms with Gasteiger partial charge in [0.15, 0.2) is 0 Å². The average molecular weight is 217 g/mol. The van der Waals surface area contributed by atoms with Crippen LogP contribution < -0.4 is 5.32 Å². The van der Waals surface area contributed by atoms with E-state index in [1.54, 1.807) is 0 Å². The molecule has 1 rings (SSSR count). The summed E-state index contributed by atoms with van der Waals surface area (Å²) in [5.41, 5.74) is 0. The summed E-state index contributed by atoms with van der Waals surface area (Å²) in [6, 6.07) is 0.335. The highest BCUT2D eigenvalue weighted by molar-refractivity contribution is 5.85. The topological polar surface area (TPSA) is 35.5 Å². The monoisotopic (exact) mass is 216 g/mol. The maximum Gasteiger partial charge on any atom is 0.0584 e. The van der Waals surface area contributed by atoms with E-state index in [2.05, 4.69) is 17.1 Å². The van der Waals surface area contributed by atoms with Gasteiger partial charge >= 0.3 is 0 Å². The second-order valence-corrected chi connectivity index (χ2v) is 2.82. The molecule has 1 unspecified atom stereocenters. The summed E-state index contributed by atoms with van der Waals surface area (Å²) in [6.07, 6.45) is 0. The van der Waals surface area contributed by atoms with Crippen molar-refractivity contribution >= 4 is 24.8 Å². The molecule has 1 aliphatic heterocycles. The van der Waals surface area contributed by atoms with Gasteiger partial charge in [0, 0.05) is 32.2 Å². The predicted octanol–water partition coefficient (Wildman–Crippen LogP) is 0.116. The molecule has 1 aliphatic rings. The highest BCUT2D eigenvalue weighted by Gasteiger charge is 2.14. The highest BCUT2D eigenvalue weighted by Crippen LogP contribution is 1.98. The molecule has 5 heteroatoms. The Morgan fingerprint density at radius 1 is 1.33 bits per heavy atom. The van der Waals surface area contributed by atoms with Crippen LogP contribution in [-0.2, 0) is 0 Å². The Morgan fingerprint density at radius 3 is 2.25 bits per heavy atom. The van der Waals surface area contributed by atoms with E-state index in [9.17, 15) is 0 Å². The zero-order valence-electron chi connectivity index (χ0n) is 7.32. The van der Waals surface area contributed by atoms with Crippen LogP contribution in [0.3, 0.4) is 0 Å². The van der Waals surface area contributed by atoms with E-state index in [1.165, 1.54) is 0 Å². The van der Waals surface area contributed by atoms with Gasteiger partial charge in [0.2, 0.25) is 0 Å². The first-order valence-electron chi connectivity index (χ1n) is 3.90. The van der Waals surface area contributed by atoms with Gasteiger partial charge in [-0.25, -0.2) is 0 Å². The minimum atomic E-state index is 0. The third-order valence-electron chi connectivity index (χ3n) is 2.04. The second-order valence-electron chi connectivity index (χ2n) is 2.82. The fourth-order valence-electron chi connectivity index (χ4n) is 1.24. The number of aliphatic hydroxyl groups excluding tert-OH is 1. The number of nitrogens with one attached hydrogen (secondary N) is 1. The molecule has 0 saturated carbocycles. The number of nitrogens with zero attached hydrogens (tertiary/aromatic N) is 1. The van der Waals surface area contributed by atoms with Crippen LogP contribution in [0.1, 0.15) is 6.92 Å². The van der Waals surface area contributed by atoms with Crippen molar-refractivity contribution in [3.63, 3.8) is 0 Å². The van der Waals surface area contributed by atoms with Crippen molar-refractivity contribution < 1.29 is 5.11 Å². The molecule has 0 aromatic carbocycles. The molecule has 0 aliphatic carbocycles. The van der Waals surface area contributed by atoms with Gasteiger partial charge in [-0.15, -0.1) is 24.8 Å². The highest BCUT2D eigenvalue weighted by atomic mass is 35.5. The summed E-state index contributed by atoms with van der Waals surface area (Å²) in [5, 5.41) is 12.1. The van der Waals surface area contributed by atoms with Gasteiger partial charge < -0.3 is 10.4 Å². The van der Waals surface area contributed by atoms with Gasteiger partial charge in [0.25, 0.3) is 0 Å². The zero-order valence-corrected chi connectivity index (χ0v) is 8.96. The van der Waals surface area contributed by atoms with Crippen molar-refractivity contribution in [3.05, 3.63) is 0 Å². The molecule has 1 atom stereocenters. The number of halogens is 2. The summed E-state index contributed by atoms with van der Waals surface area (Å²) in [4.78, 5) is 2.30. The fraction of sp³-hybridized carbons (Fsp3) is 1.00. The molecule has 12 heavy (non-hydrogen) atoms. The molecular formula is C7H18Cl2N2O. The number of aliphatic hydroxyl groups is 1. The first-order chi connectivity index (χ1) is 4.84. The van der Waals surface area contributed by atoms with Crippen LogP contribution in [0, 0.1) is 0 Å². The Kier molecular flexibility index (Phi) is 10.1. The lowest BCUT2D eigenvalue weighted by molar-refractivity contribution is 0.122. The zero-order chi connectivity index (χ0) is 7.40. The summed E-state index contributed by atoms with van der Waals surface area (Å²) < 4.78 is 0. The molecule has 3 nitrogen and oxygen atoms in total. The summed E-state index contributed by atoms with van der Waals surface area (Å²) >= 11 is 0. The standard InChI is InChI=1S/C7H16N2O.2ClH/c1-7(6-10)9-4-2-8-3-5-9;;/h7-8,10H,2-6H2,1H3;2*1H. The van der Waals surface area contributed by atoms with Gasteiger partial charge in [-0.1, -0.05) is 0 Å². The predicted molar refractivity (Wildman–Crippen MR) is 55.5 cm³/mol. The molecule has 0 aromatic heterocycles. The molecule has 0 radical (unpaired) electrons. The summed E-state index contributed by atoms with van der Waals surface area (Å²) in [5.74, 6) is 0. The van der Waals surface area contributed by atoms with Gasteiger partial charge in [-0.2, -0.15) is 0 Å². The Balaban J connectivity index is 0. The lowest BCUT2D eigenvalue weighted by Crippen LogP contribution is -2.48. The smallest absolute Gasteiger partial charge is 0.0584 e. The van der Waals surface area contributed by atoms with Crippen molar-refractivity contribution in [2.24, 2.45) is 0 Å². The lowest BCUT2D eigenvalue weighted by Gasteiger charge is -2.31. The van der Waals surface area contributed by atoms with E-state index >= 15 is 0 Å². The third kappa shape index (κ3) is 4.48. The van der Waals surface area contributed by atoms with Crippen molar-refractivity contribution in [3.8, 4) is 0 Å². The Morgan fingerprint density at radius 2 is 1.83 bits per heavy atom. The Bertz CT molecular complexity index is 99.4. The summed E-state index contributed by atoms with van der Waals surface area (Å²) in [6.45, 7) is 6.60. The van der Waals surface area contributed by atoms with Crippen LogP contribution in [0.2, 0.25) is 0 Å². The van der Waals surface area contributed by atoms with Crippen molar-refractivity contribution in [1.82, 2.24) is 10.2 Å². The molecule has 1 saturated heterocycles. The van der Waals surface area contributed by atoms with E-state index in [0.29, 0.717) is 6.04 Å². The van der Waals surface area contributed by atoms with Crippen molar-refractivity contribution in [1.29, 1.82) is 0 Å². The molecule has 2 N–H and O–H groups in total. The molecular weight excluding hydrogens is 199 g/mol. The molecule has 0 bridgehead atoms. The van der Waals surface area contributed by atoms with E-state index < -0.39 is 0 Å². The molecule has 1 heterocycles. The molecule has 0 spiro atoms. The minimum Gasteiger partial charge on any atom is -0.395 e. The van der Waals surface area contributed by atoms with E-state index in [4.69, 9.17) is 5.11 Å². The van der Waals surface area contributed by atoms with Crippen LogP contribution in [-0.4, -0.2) is 48.8 Å². The molecule has 0 amide bonds. The second kappa shape index (κ2) is 8.08. The van der Waals surface area contributed by atoms with Gasteiger partial charge in [-0.3, -0.25) is 4.90 Å². The number of piperazine rings is 1. The van der Waals surface area contributed by atoms with E-state index in [1.807, 2.05) is 0 Å². The first-order valence-corrected chi connectivity index (χ1v) is 3.90. The van der Waals surface area contributed by atoms with Gasteiger partial charge in [-0.05, 0) is 6.92 Å². The molecule has 76 valence electrons. The number of hydrogen-bond donors (Lipinski definition) is 2. The first kappa shape index (κ1) is 15.0. The van der Waals surface area contributed by atoms with Crippen LogP contribution in [0.5, 0.6) is 0 Å². The largest absolute Gasteiger partial charge is 0.395 e. The SMILES string of the molecule is CC(CO)N1CCNCC1.Cl.Cl. The number of hydrogen-bond acceptors (Lipinski definition) is 3. The van der Waals surface area contributed by atoms with Crippen LogP contribution in [0.4, 0.5) is 0 Å². The fourth-order valence-corrected chi connectivity index (χ4v) is 1.24. The maximum absolute atomic E-state index is 8.82. The van der Waals surface area contributed by atoms with Gasteiger partial charge in [0.1, 0.15) is 0 Å². The van der Waals surface area contributed by atoms with Crippen molar-refractivity contribution in [2.75, 3.05) is 32.8 Å². The minimum absolute atomic E-state index is 0. The van der Waals surface area contributed by atoms with Crippen LogP contribution in [0.25, 0.3) is 0 Å². The molecule has 0 aromatic rings. The average Bonchev–Trinajstić information content (AvgIpc) is 2.05. The quantitative estimate of drug-likeness (QED) is 0.689. The van der Waals surface area contributed by atoms with Crippen molar-refractivity contribution in [2.45, 2.75) is 13.0 Å². The molecule has 1 fully saturated rings. The number of rotatable bonds is 2. The normalized spacial score (nSPS) is 20.5. The summed E-state index contributed by atoms with van der Waals surface area (Å²) in [7, 11) is 0. The van der Waals surface area contributed by atoms with Crippen LogP contribution >= 0.6 is 24.8 Å². The van der Waals surface area contributed by atoms with E-state index in [0.717, 1.165) is 26.2 Å². The Hall–Kier alpha value is 0.460. The third-order valence-corrected chi connectivity index (χ3v) is 2.04. The van der Waals surface area contributed by atoms with E-state index in [-0.39, 0.29) is 31.4 Å².